The van der Waals surface area contributed by atoms with Crippen molar-refractivity contribution in [2.75, 3.05) is 23.3 Å². The number of hydrogen-bond donors (Lipinski definition) is 2. The minimum absolute atomic E-state index is 0.0731. The van der Waals surface area contributed by atoms with Crippen LogP contribution in [0.2, 0.25) is 0 Å². The van der Waals surface area contributed by atoms with E-state index in [1.54, 1.807) is 12.1 Å². The molecule has 5 heteroatoms. The summed E-state index contributed by atoms with van der Waals surface area (Å²) >= 11 is 5.33. The average molecular weight is 357 g/mol. The van der Waals surface area contributed by atoms with E-state index in [2.05, 4.69) is 46.7 Å². The summed E-state index contributed by atoms with van der Waals surface area (Å²) in [5.74, 6) is -0.283. The second-order valence-electron chi connectivity index (χ2n) is 6.47. The van der Waals surface area contributed by atoms with Crippen molar-refractivity contribution < 1.29 is 4.39 Å². The Bertz CT molecular complexity index is 711. The van der Waals surface area contributed by atoms with Gasteiger partial charge in [0, 0.05) is 24.5 Å². The maximum Gasteiger partial charge on any atom is 0.171 e. The van der Waals surface area contributed by atoms with Gasteiger partial charge in [0.25, 0.3) is 0 Å². The van der Waals surface area contributed by atoms with Gasteiger partial charge in [-0.05, 0) is 74.3 Å². The van der Waals surface area contributed by atoms with E-state index < -0.39 is 0 Å². The van der Waals surface area contributed by atoms with E-state index in [-0.39, 0.29) is 11.9 Å². The van der Waals surface area contributed by atoms with Crippen LogP contribution < -0.4 is 15.5 Å². The molecular formula is C20H24FN3S. The van der Waals surface area contributed by atoms with E-state index in [9.17, 15) is 4.39 Å². The van der Waals surface area contributed by atoms with E-state index in [1.807, 2.05) is 0 Å². The molecule has 132 valence electrons. The van der Waals surface area contributed by atoms with Gasteiger partial charge in [0.2, 0.25) is 0 Å². The maximum absolute atomic E-state index is 13.2. The van der Waals surface area contributed by atoms with E-state index in [1.165, 1.54) is 42.6 Å². The Kier molecular flexibility index (Phi) is 5.87. The summed E-state index contributed by atoms with van der Waals surface area (Å²) < 4.78 is 13.2. The van der Waals surface area contributed by atoms with Crippen molar-refractivity contribution in [1.29, 1.82) is 0 Å². The van der Waals surface area contributed by atoms with Gasteiger partial charge in [-0.25, -0.2) is 4.39 Å². The number of rotatable bonds is 4. The van der Waals surface area contributed by atoms with E-state index in [0.29, 0.717) is 10.8 Å². The molecule has 0 bridgehead atoms. The molecular weight excluding hydrogens is 333 g/mol. The van der Waals surface area contributed by atoms with Gasteiger partial charge in [-0.2, -0.15) is 0 Å². The zero-order chi connectivity index (χ0) is 17.6. The van der Waals surface area contributed by atoms with Crippen molar-refractivity contribution in [2.45, 2.75) is 32.2 Å². The molecule has 1 saturated heterocycles. The molecule has 3 nitrogen and oxygen atoms in total. The molecule has 0 amide bonds. The Hall–Kier alpha value is -2.14. The molecule has 0 radical (unpaired) electrons. The molecule has 0 spiro atoms. The van der Waals surface area contributed by atoms with Crippen LogP contribution in [-0.4, -0.2) is 18.2 Å². The maximum atomic E-state index is 13.2. The summed E-state index contributed by atoms with van der Waals surface area (Å²) in [7, 11) is 0. The minimum Gasteiger partial charge on any atom is -0.372 e. The van der Waals surface area contributed by atoms with Crippen LogP contribution in [0.4, 0.5) is 15.8 Å². The number of halogens is 1. The monoisotopic (exact) mass is 357 g/mol. The molecule has 1 aliphatic rings. The van der Waals surface area contributed by atoms with Crippen LogP contribution in [0.25, 0.3) is 0 Å². The van der Waals surface area contributed by atoms with Gasteiger partial charge in [-0.15, -0.1) is 0 Å². The third-order valence-corrected chi connectivity index (χ3v) is 4.76. The molecule has 1 aliphatic heterocycles. The van der Waals surface area contributed by atoms with Crippen LogP contribution in [0.5, 0.6) is 0 Å². The minimum atomic E-state index is -0.283. The summed E-state index contributed by atoms with van der Waals surface area (Å²) in [5.41, 5.74) is 3.10. The van der Waals surface area contributed by atoms with Crippen molar-refractivity contribution in [3.05, 3.63) is 59.9 Å². The summed E-state index contributed by atoms with van der Waals surface area (Å²) in [6, 6.07) is 15.0. The standard InChI is InChI=1S/C20H24FN3S/c1-15(22-20(25)23-18-7-5-6-17(21)14-18)16-8-10-19(11-9-16)24-12-3-2-4-13-24/h5-11,14-15H,2-4,12-13H2,1H3,(H2,22,23,25). The second-order valence-corrected chi connectivity index (χ2v) is 6.88. The van der Waals surface area contributed by atoms with Crippen molar-refractivity contribution >= 4 is 28.7 Å². The first-order valence-electron chi connectivity index (χ1n) is 8.80. The topological polar surface area (TPSA) is 27.3 Å². The predicted molar refractivity (Wildman–Crippen MR) is 107 cm³/mol. The van der Waals surface area contributed by atoms with Gasteiger partial charge < -0.3 is 15.5 Å². The molecule has 3 rings (SSSR count). The second kappa shape index (κ2) is 8.30. The molecule has 0 aromatic heterocycles. The van der Waals surface area contributed by atoms with E-state index in [4.69, 9.17) is 12.2 Å². The lowest BCUT2D eigenvalue weighted by atomic mass is 10.1. The van der Waals surface area contributed by atoms with Gasteiger partial charge in [0.05, 0.1) is 6.04 Å². The molecule has 0 saturated carbocycles. The fourth-order valence-corrected chi connectivity index (χ4v) is 3.43. The highest BCUT2D eigenvalue weighted by atomic mass is 32.1. The molecule has 1 atom stereocenters. The van der Waals surface area contributed by atoms with E-state index in [0.717, 1.165) is 13.1 Å². The summed E-state index contributed by atoms with van der Waals surface area (Å²) in [6.45, 7) is 4.36. The number of benzene rings is 2. The Balaban J connectivity index is 1.57. The van der Waals surface area contributed by atoms with Gasteiger partial charge in [-0.1, -0.05) is 18.2 Å². The summed E-state index contributed by atoms with van der Waals surface area (Å²) in [6.07, 6.45) is 3.89. The SMILES string of the molecule is CC(NC(=S)Nc1cccc(F)c1)c1ccc(N2CCCCC2)cc1. The molecule has 25 heavy (non-hydrogen) atoms. The fourth-order valence-electron chi connectivity index (χ4n) is 3.14. The average Bonchev–Trinajstić information content (AvgIpc) is 2.62. The van der Waals surface area contributed by atoms with Crippen LogP contribution in [0.1, 0.15) is 37.8 Å². The van der Waals surface area contributed by atoms with Gasteiger partial charge >= 0.3 is 0 Å². The molecule has 1 heterocycles. The first kappa shape index (κ1) is 17.7. The predicted octanol–water partition coefficient (Wildman–Crippen LogP) is 4.86. The van der Waals surface area contributed by atoms with Crippen LogP contribution in [0.3, 0.4) is 0 Å². The zero-order valence-corrected chi connectivity index (χ0v) is 15.3. The van der Waals surface area contributed by atoms with Crippen LogP contribution in [0.15, 0.2) is 48.5 Å². The lowest BCUT2D eigenvalue weighted by Gasteiger charge is -2.29. The molecule has 1 fully saturated rings. The number of hydrogen-bond acceptors (Lipinski definition) is 2. The van der Waals surface area contributed by atoms with Gasteiger partial charge in [-0.3, -0.25) is 0 Å². The van der Waals surface area contributed by atoms with Crippen LogP contribution in [0, 0.1) is 5.82 Å². The largest absolute Gasteiger partial charge is 0.372 e. The third-order valence-electron chi connectivity index (χ3n) is 4.54. The quantitative estimate of drug-likeness (QED) is 0.764. The highest BCUT2D eigenvalue weighted by Gasteiger charge is 2.12. The summed E-state index contributed by atoms with van der Waals surface area (Å²) in [4.78, 5) is 2.45. The van der Waals surface area contributed by atoms with Crippen molar-refractivity contribution in [2.24, 2.45) is 0 Å². The molecule has 2 N–H and O–H groups in total. The highest BCUT2D eigenvalue weighted by molar-refractivity contribution is 7.80. The Morgan fingerprint density at radius 3 is 2.48 bits per heavy atom. The number of thiocarbonyl (C=S) groups is 1. The summed E-state index contributed by atoms with van der Waals surface area (Å²) in [5, 5.41) is 6.75. The molecule has 0 aliphatic carbocycles. The number of piperidine rings is 1. The highest BCUT2D eigenvalue weighted by Crippen LogP contribution is 2.22. The van der Waals surface area contributed by atoms with E-state index >= 15 is 0 Å². The Labute approximate surface area is 154 Å². The molecule has 1 unspecified atom stereocenters. The Morgan fingerprint density at radius 1 is 1.08 bits per heavy atom. The Morgan fingerprint density at radius 2 is 1.80 bits per heavy atom. The first-order valence-corrected chi connectivity index (χ1v) is 9.20. The molecule has 2 aromatic carbocycles. The zero-order valence-electron chi connectivity index (χ0n) is 14.5. The van der Waals surface area contributed by atoms with Gasteiger partial charge in [0.15, 0.2) is 5.11 Å². The third kappa shape index (κ3) is 4.92. The van der Waals surface area contributed by atoms with Crippen molar-refractivity contribution in [1.82, 2.24) is 5.32 Å². The normalized spacial score (nSPS) is 15.5. The van der Waals surface area contributed by atoms with Crippen molar-refractivity contribution in [3.8, 4) is 0 Å². The molecule has 2 aromatic rings. The van der Waals surface area contributed by atoms with Crippen LogP contribution in [-0.2, 0) is 0 Å². The smallest absolute Gasteiger partial charge is 0.171 e. The first-order chi connectivity index (χ1) is 12.1. The lowest BCUT2D eigenvalue weighted by molar-refractivity contribution is 0.577. The number of nitrogens with zero attached hydrogens (tertiary/aromatic N) is 1. The number of anilines is 2. The fraction of sp³-hybridized carbons (Fsp3) is 0.350. The van der Waals surface area contributed by atoms with Crippen LogP contribution >= 0.6 is 12.2 Å². The van der Waals surface area contributed by atoms with Gasteiger partial charge in [0.1, 0.15) is 5.82 Å². The number of nitrogens with one attached hydrogen (secondary N) is 2. The van der Waals surface area contributed by atoms with Crippen molar-refractivity contribution in [3.63, 3.8) is 0 Å². The lowest BCUT2D eigenvalue weighted by Crippen LogP contribution is -2.31.